The van der Waals surface area contributed by atoms with Crippen LogP contribution >= 0.6 is 0 Å². The predicted octanol–water partition coefficient (Wildman–Crippen LogP) is 1.51. The zero-order valence-corrected chi connectivity index (χ0v) is 16.3. The number of aliphatic carboxylic acids is 1. The minimum absolute atomic E-state index is 0.160. The van der Waals surface area contributed by atoms with Crippen molar-refractivity contribution in [2.24, 2.45) is 0 Å². The largest absolute Gasteiger partial charge is 0.490 e. The molecular formula is C17H21F3N2O6S. The molecular weight excluding hydrogens is 417 g/mol. The third-order valence-electron chi connectivity index (χ3n) is 4.43. The van der Waals surface area contributed by atoms with Crippen molar-refractivity contribution in [1.29, 1.82) is 0 Å². The molecule has 162 valence electrons. The van der Waals surface area contributed by atoms with E-state index in [9.17, 15) is 26.4 Å². The summed E-state index contributed by atoms with van der Waals surface area (Å²) in [5, 5.41) is 10.6. The third-order valence-corrected chi connectivity index (χ3v) is 6.27. The van der Waals surface area contributed by atoms with E-state index in [0.717, 1.165) is 18.4 Å². The molecule has 2 bridgehead atoms. The second kappa shape index (κ2) is 9.09. The van der Waals surface area contributed by atoms with Gasteiger partial charge in [-0.25, -0.2) is 13.2 Å². The minimum atomic E-state index is -5.08. The molecule has 12 heteroatoms. The number of fused-ring (bicyclic) bond motifs is 2. The Morgan fingerprint density at radius 3 is 2.07 bits per heavy atom. The molecule has 0 spiro atoms. The lowest BCUT2D eigenvalue weighted by Crippen LogP contribution is -2.52. The fourth-order valence-corrected chi connectivity index (χ4v) is 4.57. The Morgan fingerprint density at radius 1 is 1.17 bits per heavy atom. The van der Waals surface area contributed by atoms with Crippen LogP contribution in [0.5, 0.6) is 0 Å². The first-order valence-corrected chi connectivity index (χ1v) is 10.1. The summed E-state index contributed by atoms with van der Waals surface area (Å²) in [7, 11) is -3.45. The molecule has 1 aromatic rings. The number of carboxylic acids is 1. The smallest absolute Gasteiger partial charge is 0.475 e. The van der Waals surface area contributed by atoms with Gasteiger partial charge in [0.15, 0.2) is 0 Å². The van der Waals surface area contributed by atoms with Gasteiger partial charge in [-0.3, -0.25) is 4.79 Å². The number of piperazine rings is 1. The van der Waals surface area contributed by atoms with Gasteiger partial charge in [-0.2, -0.15) is 17.5 Å². The standard InChI is InChI=1S/C15H20N2O4S.C2HF3O2/c1-11(18)21-10-12-2-6-15(7-3-12)22(19,20)17-8-13-4-5-14(9-17)16-13;3-2(4,5)1(6)7/h2-3,6-7,13-14,16H,4-5,8-10H2,1H3;(H,6,7). The van der Waals surface area contributed by atoms with Crippen LogP contribution in [-0.4, -0.2) is 61.1 Å². The molecule has 29 heavy (non-hydrogen) atoms. The Balaban J connectivity index is 0.000000370. The Bertz CT molecular complexity index is 830. The number of halogens is 3. The Kier molecular flexibility index (Phi) is 7.25. The van der Waals surface area contributed by atoms with E-state index in [4.69, 9.17) is 14.6 Å². The van der Waals surface area contributed by atoms with Gasteiger partial charge in [0.2, 0.25) is 10.0 Å². The van der Waals surface area contributed by atoms with Gasteiger partial charge in [-0.05, 0) is 30.5 Å². The maximum Gasteiger partial charge on any atom is 0.490 e. The van der Waals surface area contributed by atoms with E-state index in [1.807, 2.05) is 0 Å². The van der Waals surface area contributed by atoms with Crippen molar-refractivity contribution in [3.05, 3.63) is 29.8 Å². The third kappa shape index (κ3) is 6.41. The van der Waals surface area contributed by atoms with Crippen molar-refractivity contribution in [3.8, 4) is 0 Å². The van der Waals surface area contributed by atoms with Gasteiger partial charge in [0.1, 0.15) is 6.61 Å². The number of hydrogen-bond donors (Lipinski definition) is 2. The molecule has 2 saturated heterocycles. The number of esters is 1. The highest BCUT2D eigenvalue weighted by atomic mass is 32.2. The highest BCUT2D eigenvalue weighted by Crippen LogP contribution is 2.25. The molecule has 1 aromatic carbocycles. The van der Waals surface area contributed by atoms with E-state index >= 15 is 0 Å². The second-order valence-electron chi connectivity index (χ2n) is 6.69. The predicted molar refractivity (Wildman–Crippen MR) is 94.3 cm³/mol. The number of carbonyl (C=O) groups excluding carboxylic acids is 1. The summed E-state index contributed by atoms with van der Waals surface area (Å²) in [6, 6.07) is 7.09. The number of carbonyl (C=O) groups is 2. The van der Waals surface area contributed by atoms with E-state index in [1.54, 1.807) is 28.6 Å². The van der Waals surface area contributed by atoms with Crippen molar-refractivity contribution >= 4 is 22.0 Å². The van der Waals surface area contributed by atoms with Gasteiger partial charge in [0, 0.05) is 32.1 Å². The lowest BCUT2D eigenvalue weighted by molar-refractivity contribution is -0.192. The molecule has 2 fully saturated rings. The number of rotatable bonds is 4. The number of alkyl halides is 3. The number of ether oxygens (including phenoxy) is 1. The van der Waals surface area contributed by atoms with Gasteiger partial charge in [-0.15, -0.1) is 0 Å². The first kappa shape index (κ1) is 23.1. The molecule has 2 aliphatic rings. The topological polar surface area (TPSA) is 113 Å². The summed E-state index contributed by atoms with van der Waals surface area (Å²) in [5.41, 5.74) is 0.773. The number of hydrogen-bond acceptors (Lipinski definition) is 6. The van der Waals surface area contributed by atoms with Crippen LogP contribution in [0.4, 0.5) is 13.2 Å². The highest BCUT2D eigenvalue weighted by Gasteiger charge is 2.38. The lowest BCUT2D eigenvalue weighted by Gasteiger charge is -2.32. The number of sulfonamides is 1. The molecule has 0 radical (unpaired) electrons. The Morgan fingerprint density at radius 2 is 1.66 bits per heavy atom. The van der Waals surface area contributed by atoms with Gasteiger partial charge < -0.3 is 15.2 Å². The zero-order chi connectivity index (χ0) is 21.8. The first-order valence-electron chi connectivity index (χ1n) is 8.68. The summed E-state index contributed by atoms with van der Waals surface area (Å²) >= 11 is 0. The second-order valence-corrected chi connectivity index (χ2v) is 8.62. The maximum atomic E-state index is 12.7. The van der Waals surface area contributed by atoms with Gasteiger partial charge in [-0.1, -0.05) is 12.1 Å². The van der Waals surface area contributed by atoms with Crippen molar-refractivity contribution in [1.82, 2.24) is 9.62 Å². The van der Waals surface area contributed by atoms with Crippen LogP contribution in [0.1, 0.15) is 25.3 Å². The number of benzene rings is 1. The fourth-order valence-electron chi connectivity index (χ4n) is 3.04. The van der Waals surface area contributed by atoms with Crippen LogP contribution in [-0.2, 0) is 31.0 Å². The van der Waals surface area contributed by atoms with Crippen molar-refractivity contribution < 1.29 is 41.0 Å². The van der Waals surface area contributed by atoms with E-state index in [0.29, 0.717) is 18.0 Å². The van der Waals surface area contributed by atoms with Crippen LogP contribution in [0, 0.1) is 0 Å². The van der Waals surface area contributed by atoms with Crippen molar-refractivity contribution in [2.45, 2.75) is 49.5 Å². The SMILES string of the molecule is CC(=O)OCc1ccc(S(=O)(=O)N2CC3CCC(C2)N3)cc1.O=C(O)C(F)(F)F. The summed E-state index contributed by atoms with van der Waals surface area (Å²) in [5.74, 6) is -3.11. The molecule has 2 atom stereocenters. The number of nitrogens with one attached hydrogen (secondary N) is 1. The minimum Gasteiger partial charge on any atom is -0.475 e. The van der Waals surface area contributed by atoms with Gasteiger partial charge >= 0.3 is 18.1 Å². The Labute approximate surface area is 165 Å². The molecule has 2 unspecified atom stereocenters. The van der Waals surface area contributed by atoms with E-state index in [-0.39, 0.29) is 24.7 Å². The summed E-state index contributed by atoms with van der Waals surface area (Å²) in [6.07, 6.45) is -3.00. The van der Waals surface area contributed by atoms with Gasteiger partial charge in [0.25, 0.3) is 0 Å². The highest BCUT2D eigenvalue weighted by molar-refractivity contribution is 7.89. The van der Waals surface area contributed by atoms with Crippen LogP contribution in [0.2, 0.25) is 0 Å². The van der Waals surface area contributed by atoms with E-state index in [2.05, 4.69) is 5.32 Å². The summed E-state index contributed by atoms with van der Waals surface area (Å²) in [4.78, 5) is 20.0. The Hall–Kier alpha value is -2.18. The quantitative estimate of drug-likeness (QED) is 0.685. The monoisotopic (exact) mass is 438 g/mol. The molecule has 8 nitrogen and oxygen atoms in total. The normalized spacial score (nSPS) is 21.8. The summed E-state index contributed by atoms with van der Waals surface area (Å²) in [6.45, 7) is 2.58. The number of carboxylic acid groups (broad SMARTS) is 1. The molecule has 2 N–H and O–H groups in total. The average molecular weight is 438 g/mol. The molecule has 0 aromatic heterocycles. The van der Waals surface area contributed by atoms with Crippen molar-refractivity contribution in [2.75, 3.05) is 13.1 Å². The van der Waals surface area contributed by atoms with Gasteiger partial charge in [0.05, 0.1) is 4.90 Å². The fraction of sp³-hybridized carbons (Fsp3) is 0.529. The van der Waals surface area contributed by atoms with Crippen LogP contribution in [0.3, 0.4) is 0 Å². The molecule has 0 saturated carbocycles. The first-order chi connectivity index (χ1) is 13.4. The van der Waals surface area contributed by atoms with Crippen LogP contribution in [0.15, 0.2) is 29.2 Å². The molecule has 2 aliphatic heterocycles. The average Bonchev–Trinajstić information content (AvgIpc) is 2.97. The van der Waals surface area contributed by atoms with E-state index < -0.39 is 22.2 Å². The number of nitrogens with zero attached hydrogens (tertiary/aromatic N) is 1. The maximum absolute atomic E-state index is 12.7. The van der Waals surface area contributed by atoms with Crippen LogP contribution < -0.4 is 5.32 Å². The molecule has 0 amide bonds. The molecule has 3 rings (SSSR count). The molecule has 2 heterocycles. The zero-order valence-electron chi connectivity index (χ0n) is 15.5. The van der Waals surface area contributed by atoms with Crippen molar-refractivity contribution in [3.63, 3.8) is 0 Å². The van der Waals surface area contributed by atoms with E-state index in [1.165, 1.54) is 6.92 Å². The lowest BCUT2D eigenvalue weighted by atomic mass is 10.2. The molecule has 0 aliphatic carbocycles. The summed E-state index contributed by atoms with van der Waals surface area (Å²) < 4.78 is 63.6. The van der Waals surface area contributed by atoms with Crippen LogP contribution in [0.25, 0.3) is 0 Å².